The molecule has 0 fully saturated rings. The van der Waals surface area contributed by atoms with Gasteiger partial charge in [-0.15, -0.1) is 0 Å². The predicted molar refractivity (Wildman–Crippen MR) is 116 cm³/mol. The van der Waals surface area contributed by atoms with Gasteiger partial charge in [0, 0.05) is 12.2 Å². The lowest BCUT2D eigenvalue weighted by atomic mass is 10.1. The van der Waals surface area contributed by atoms with Crippen LogP contribution in [0.3, 0.4) is 0 Å². The SMILES string of the molecule is Cc1cccc(N(Cc2ccccc2)C(=S)NCc2ccc3c(c2)OCO3)c1. The van der Waals surface area contributed by atoms with Gasteiger partial charge in [-0.2, -0.15) is 0 Å². The van der Waals surface area contributed by atoms with E-state index in [-0.39, 0.29) is 6.79 Å². The second-order valence-corrected chi connectivity index (χ2v) is 7.14. The zero-order valence-corrected chi connectivity index (χ0v) is 16.5. The lowest BCUT2D eigenvalue weighted by molar-refractivity contribution is 0.174. The number of nitrogens with one attached hydrogen (secondary N) is 1. The fraction of sp³-hybridized carbons (Fsp3) is 0.174. The van der Waals surface area contributed by atoms with Crippen LogP contribution in [-0.2, 0) is 13.1 Å². The predicted octanol–water partition coefficient (Wildman–Crippen LogP) is 4.81. The highest BCUT2D eigenvalue weighted by molar-refractivity contribution is 7.80. The summed E-state index contributed by atoms with van der Waals surface area (Å²) in [5.74, 6) is 1.57. The second kappa shape index (κ2) is 8.31. The van der Waals surface area contributed by atoms with Crippen molar-refractivity contribution in [2.45, 2.75) is 20.0 Å². The van der Waals surface area contributed by atoms with E-state index < -0.39 is 0 Å². The second-order valence-electron chi connectivity index (χ2n) is 6.76. The zero-order valence-electron chi connectivity index (χ0n) is 15.7. The number of hydrogen-bond acceptors (Lipinski definition) is 3. The minimum Gasteiger partial charge on any atom is -0.454 e. The van der Waals surface area contributed by atoms with Crippen molar-refractivity contribution < 1.29 is 9.47 Å². The van der Waals surface area contributed by atoms with Crippen LogP contribution in [0.25, 0.3) is 0 Å². The van der Waals surface area contributed by atoms with Gasteiger partial charge in [0.1, 0.15) is 0 Å². The molecule has 3 aromatic rings. The average molecular weight is 391 g/mol. The Kier molecular flexibility index (Phi) is 5.44. The Morgan fingerprint density at radius 3 is 2.57 bits per heavy atom. The number of nitrogens with zero attached hydrogens (tertiary/aromatic N) is 1. The normalized spacial score (nSPS) is 11.9. The number of anilines is 1. The van der Waals surface area contributed by atoms with Crippen molar-refractivity contribution in [2.75, 3.05) is 11.7 Å². The molecule has 1 N–H and O–H groups in total. The van der Waals surface area contributed by atoms with Crippen molar-refractivity contribution in [1.29, 1.82) is 0 Å². The van der Waals surface area contributed by atoms with Crippen LogP contribution in [0.1, 0.15) is 16.7 Å². The van der Waals surface area contributed by atoms with Gasteiger partial charge < -0.3 is 19.7 Å². The summed E-state index contributed by atoms with van der Waals surface area (Å²) < 4.78 is 10.8. The molecular weight excluding hydrogens is 368 g/mol. The summed E-state index contributed by atoms with van der Waals surface area (Å²) in [7, 11) is 0. The molecule has 0 atom stereocenters. The minimum atomic E-state index is 0.281. The largest absolute Gasteiger partial charge is 0.454 e. The summed E-state index contributed by atoms with van der Waals surface area (Å²) in [5.41, 5.74) is 4.58. The lowest BCUT2D eigenvalue weighted by Crippen LogP contribution is -2.39. The van der Waals surface area contributed by atoms with Gasteiger partial charge in [0.15, 0.2) is 16.6 Å². The van der Waals surface area contributed by atoms with E-state index in [0.717, 1.165) is 22.7 Å². The summed E-state index contributed by atoms with van der Waals surface area (Å²) in [6.45, 7) is 3.69. The maximum absolute atomic E-state index is 5.76. The molecule has 1 aliphatic rings. The summed E-state index contributed by atoms with van der Waals surface area (Å²) in [6.07, 6.45) is 0. The van der Waals surface area contributed by atoms with Gasteiger partial charge in [-0.3, -0.25) is 0 Å². The van der Waals surface area contributed by atoms with E-state index in [1.807, 2.05) is 36.4 Å². The molecule has 4 rings (SSSR count). The Bertz CT molecular complexity index is 975. The van der Waals surface area contributed by atoms with Gasteiger partial charge >= 0.3 is 0 Å². The van der Waals surface area contributed by atoms with Crippen molar-refractivity contribution in [3.05, 3.63) is 89.5 Å². The summed E-state index contributed by atoms with van der Waals surface area (Å²) in [6, 6.07) is 24.7. The number of aryl methyl sites for hydroxylation is 1. The third-order valence-electron chi connectivity index (χ3n) is 4.62. The van der Waals surface area contributed by atoms with E-state index in [9.17, 15) is 0 Å². The monoisotopic (exact) mass is 390 g/mol. The first-order chi connectivity index (χ1) is 13.7. The highest BCUT2D eigenvalue weighted by Crippen LogP contribution is 2.32. The Labute approximate surface area is 170 Å². The Morgan fingerprint density at radius 1 is 0.929 bits per heavy atom. The molecule has 0 saturated carbocycles. The van der Waals surface area contributed by atoms with Crippen molar-refractivity contribution in [2.24, 2.45) is 0 Å². The third kappa shape index (κ3) is 4.26. The van der Waals surface area contributed by atoms with Crippen LogP contribution in [0.15, 0.2) is 72.8 Å². The highest BCUT2D eigenvalue weighted by atomic mass is 32.1. The molecule has 0 aliphatic carbocycles. The smallest absolute Gasteiger partial charge is 0.231 e. The van der Waals surface area contributed by atoms with Crippen LogP contribution in [0.2, 0.25) is 0 Å². The van der Waals surface area contributed by atoms with Gasteiger partial charge in [-0.05, 0) is 60.1 Å². The first-order valence-electron chi connectivity index (χ1n) is 9.23. The quantitative estimate of drug-likeness (QED) is 0.633. The molecule has 0 aromatic heterocycles. The molecule has 4 nitrogen and oxygen atoms in total. The van der Waals surface area contributed by atoms with Gasteiger partial charge in [0.25, 0.3) is 0 Å². The van der Waals surface area contributed by atoms with Crippen LogP contribution in [0.4, 0.5) is 5.69 Å². The molecule has 5 heteroatoms. The summed E-state index contributed by atoms with van der Waals surface area (Å²) in [4.78, 5) is 2.13. The number of benzene rings is 3. The fourth-order valence-electron chi connectivity index (χ4n) is 3.17. The number of ether oxygens (including phenoxy) is 2. The van der Waals surface area contributed by atoms with Crippen LogP contribution in [0.5, 0.6) is 11.5 Å². The standard InChI is InChI=1S/C23H22N2O2S/c1-17-6-5-9-20(12-17)25(15-18-7-3-2-4-8-18)23(28)24-14-19-10-11-21-22(13-19)27-16-26-21/h2-13H,14-16H2,1H3,(H,24,28). The van der Waals surface area contributed by atoms with Crippen LogP contribution in [0, 0.1) is 6.92 Å². The van der Waals surface area contributed by atoms with Gasteiger partial charge in [0.2, 0.25) is 6.79 Å². The summed E-state index contributed by atoms with van der Waals surface area (Å²) >= 11 is 5.76. The molecule has 0 amide bonds. The summed E-state index contributed by atoms with van der Waals surface area (Å²) in [5, 5.41) is 4.08. The molecule has 1 aliphatic heterocycles. The number of thiocarbonyl (C=S) groups is 1. The highest BCUT2D eigenvalue weighted by Gasteiger charge is 2.15. The molecule has 0 unspecified atom stereocenters. The molecule has 142 valence electrons. The topological polar surface area (TPSA) is 33.7 Å². The van der Waals surface area contributed by atoms with Crippen LogP contribution in [-0.4, -0.2) is 11.9 Å². The molecule has 0 spiro atoms. The van der Waals surface area contributed by atoms with E-state index in [1.54, 1.807) is 0 Å². The fourth-order valence-corrected chi connectivity index (χ4v) is 3.41. The van der Waals surface area contributed by atoms with E-state index in [1.165, 1.54) is 11.1 Å². The van der Waals surface area contributed by atoms with Crippen molar-refractivity contribution >= 4 is 23.0 Å². The first kappa shape index (κ1) is 18.3. The Balaban J connectivity index is 1.51. The minimum absolute atomic E-state index is 0.281. The number of fused-ring (bicyclic) bond motifs is 1. The molecule has 1 heterocycles. The van der Waals surface area contributed by atoms with Gasteiger partial charge in [-0.1, -0.05) is 48.5 Å². The van der Waals surface area contributed by atoms with Crippen molar-refractivity contribution in [1.82, 2.24) is 5.32 Å². The first-order valence-corrected chi connectivity index (χ1v) is 9.64. The molecule has 0 saturated heterocycles. The van der Waals surface area contributed by atoms with Crippen molar-refractivity contribution in [3.63, 3.8) is 0 Å². The van der Waals surface area contributed by atoms with E-state index >= 15 is 0 Å². The van der Waals surface area contributed by atoms with E-state index in [4.69, 9.17) is 21.7 Å². The molecule has 28 heavy (non-hydrogen) atoms. The van der Waals surface area contributed by atoms with Gasteiger partial charge in [-0.25, -0.2) is 0 Å². The molecule has 0 bridgehead atoms. The Morgan fingerprint density at radius 2 is 1.75 bits per heavy atom. The number of hydrogen-bond donors (Lipinski definition) is 1. The van der Waals surface area contributed by atoms with Gasteiger partial charge in [0.05, 0.1) is 6.54 Å². The molecular formula is C23H22N2O2S. The molecule has 3 aromatic carbocycles. The van der Waals surface area contributed by atoms with Crippen molar-refractivity contribution in [3.8, 4) is 11.5 Å². The van der Waals surface area contributed by atoms with Crippen LogP contribution >= 0.6 is 12.2 Å². The number of rotatable bonds is 5. The maximum Gasteiger partial charge on any atom is 0.231 e. The molecule has 0 radical (unpaired) electrons. The maximum atomic E-state index is 5.76. The Hall–Kier alpha value is -3.05. The zero-order chi connectivity index (χ0) is 19.3. The van der Waals surface area contributed by atoms with E-state index in [2.05, 4.69) is 53.5 Å². The van der Waals surface area contributed by atoms with Crippen LogP contribution < -0.4 is 19.7 Å². The van der Waals surface area contributed by atoms with E-state index in [0.29, 0.717) is 18.2 Å². The third-order valence-corrected chi connectivity index (χ3v) is 4.99. The lowest BCUT2D eigenvalue weighted by Gasteiger charge is -2.26. The average Bonchev–Trinajstić information content (AvgIpc) is 3.19.